The van der Waals surface area contributed by atoms with Gasteiger partial charge in [0.2, 0.25) is 0 Å². The van der Waals surface area contributed by atoms with Crippen LogP contribution < -0.4 is 14.8 Å². The van der Waals surface area contributed by atoms with Crippen LogP contribution in [-0.2, 0) is 26.1 Å². The van der Waals surface area contributed by atoms with Crippen molar-refractivity contribution >= 4 is 6.03 Å². The second-order valence-electron chi connectivity index (χ2n) is 5.96. The highest BCUT2D eigenvalue weighted by Gasteiger charge is 2.19. The Morgan fingerprint density at radius 2 is 2.16 bits per heavy atom. The Kier molecular flexibility index (Phi) is 5.06. The van der Waals surface area contributed by atoms with Gasteiger partial charge in [-0.25, -0.2) is 4.79 Å². The van der Waals surface area contributed by atoms with Gasteiger partial charge in [-0.15, -0.1) is 10.2 Å². The van der Waals surface area contributed by atoms with Gasteiger partial charge in [0.1, 0.15) is 5.82 Å². The Balaban J connectivity index is 1.61. The number of aromatic nitrogens is 3. The van der Waals surface area contributed by atoms with Crippen molar-refractivity contribution in [1.29, 1.82) is 0 Å². The average molecular weight is 345 g/mol. The van der Waals surface area contributed by atoms with Crippen LogP contribution in [0.2, 0.25) is 0 Å². The molecule has 2 heterocycles. The van der Waals surface area contributed by atoms with E-state index in [1.54, 1.807) is 26.2 Å². The van der Waals surface area contributed by atoms with Crippen molar-refractivity contribution in [2.75, 3.05) is 21.3 Å². The van der Waals surface area contributed by atoms with Crippen LogP contribution in [0.3, 0.4) is 0 Å². The zero-order chi connectivity index (χ0) is 17.8. The lowest BCUT2D eigenvalue weighted by Crippen LogP contribution is -2.37. The third kappa shape index (κ3) is 3.52. The van der Waals surface area contributed by atoms with E-state index < -0.39 is 0 Å². The first-order chi connectivity index (χ1) is 12.1. The number of amides is 2. The molecule has 0 fully saturated rings. The third-order valence-electron chi connectivity index (χ3n) is 4.32. The minimum Gasteiger partial charge on any atom is -0.493 e. The standard InChI is InChI=1S/C17H23N5O3/c1-21(11-12-6-4-7-13(24-2)16(12)25-3)17(23)18-10-15-20-19-14-8-5-9-22(14)15/h4,6-7H,5,8-11H2,1-3H3,(H,18,23). The van der Waals surface area contributed by atoms with Crippen molar-refractivity contribution in [2.24, 2.45) is 0 Å². The lowest BCUT2D eigenvalue weighted by atomic mass is 10.1. The summed E-state index contributed by atoms with van der Waals surface area (Å²) in [5, 5.41) is 11.2. The molecule has 8 nitrogen and oxygen atoms in total. The van der Waals surface area contributed by atoms with Gasteiger partial charge in [-0.3, -0.25) is 0 Å². The molecule has 8 heteroatoms. The molecule has 2 aromatic rings. The quantitative estimate of drug-likeness (QED) is 0.860. The second kappa shape index (κ2) is 7.42. The van der Waals surface area contributed by atoms with Crippen molar-refractivity contribution in [3.8, 4) is 11.5 Å². The molecule has 0 spiro atoms. The summed E-state index contributed by atoms with van der Waals surface area (Å²) in [6.07, 6.45) is 2.04. The fourth-order valence-corrected chi connectivity index (χ4v) is 3.04. The lowest BCUT2D eigenvalue weighted by Gasteiger charge is -2.20. The summed E-state index contributed by atoms with van der Waals surface area (Å²) in [5.74, 6) is 3.08. The maximum absolute atomic E-state index is 12.4. The van der Waals surface area contributed by atoms with Crippen LogP contribution in [0, 0.1) is 0 Å². The third-order valence-corrected chi connectivity index (χ3v) is 4.32. The summed E-state index contributed by atoms with van der Waals surface area (Å²) in [6.45, 7) is 1.69. The summed E-state index contributed by atoms with van der Waals surface area (Å²) < 4.78 is 12.8. The van der Waals surface area contributed by atoms with Crippen LogP contribution >= 0.6 is 0 Å². The number of nitrogens with one attached hydrogen (secondary N) is 1. The topological polar surface area (TPSA) is 81.5 Å². The summed E-state index contributed by atoms with van der Waals surface area (Å²) in [6, 6.07) is 5.44. The maximum Gasteiger partial charge on any atom is 0.317 e. The van der Waals surface area contributed by atoms with E-state index in [0.717, 1.165) is 36.6 Å². The van der Waals surface area contributed by atoms with E-state index in [0.29, 0.717) is 24.6 Å². The normalized spacial score (nSPS) is 12.6. The van der Waals surface area contributed by atoms with E-state index in [4.69, 9.17) is 9.47 Å². The van der Waals surface area contributed by atoms with Gasteiger partial charge in [-0.05, 0) is 12.5 Å². The number of carbonyl (C=O) groups excluding carboxylic acids is 1. The fourth-order valence-electron chi connectivity index (χ4n) is 3.04. The van der Waals surface area contributed by atoms with E-state index in [-0.39, 0.29) is 6.03 Å². The summed E-state index contributed by atoms with van der Waals surface area (Å²) >= 11 is 0. The van der Waals surface area contributed by atoms with E-state index in [1.165, 1.54) is 0 Å². The summed E-state index contributed by atoms with van der Waals surface area (Å²) in [5.41, 5.74) is 0.878. The van der Waals surface area contributed by atoms with Crippen molar-refractivity contribution < 1.29 is 14.3 Å². The first-order valence-electron chi connectivity index (χ1n) is 8.23. The van der Waals surface area contributed by atoms with Gasteiger partial charge in [0.05, 0.1) is 27.3 Å². The van der Waals surface area contributed by atoms with Crippen molar-refractivity contribution in [3.05, 3.63) is 35.4 Å². The van der Waals surface area contributed by atoms with Crippen LogP contribution in [0.15, 0.2) is 18.2 Å². The van der Waals surface area contributed by atoms with Crippen LogP contribution in [0.25, 0.3) is 0 Å². The number of hydrogen-bond acceptors (Lipinski definition) is 5. The molecular formula is C17H23N5O3. The number of nitrogens with zero attached hydrogens (tertiary/aromatic N) is 4. The molecule has 0 unspecified atom stereocenters. The van der Waals surface area contributed by atoms with Crippen LogP contribution in [0.5, 0.6) is 11.5 Å². The summed E-state index contributed by atoms with van der Waals surface area (Å²) in [4.78, 5) is 14.0. The second-order valence-corrected chi connectivity index (χ2v) is 5.96. The first-order valence-corrected chi connectivity index (χ1v) is 8.23. The van der Waals surface area contributed by atoms with E-state index >= 15 is 0 Å². The number of hydrogen-bond donors (Lipinski definition) is 1. The van der Waals surface area contributed by atoms with Crippen molar-refractivity contribution in [2.45, 2.75) is 32.5 Å². The molecule has 0 aliphatic carbocycles. The number of carbonyl (C=O) groups is 1. The highest BCUT2D eigenvalue weighted by molar-refractivity contribution is 5.73. The van der Waals surface area contributed by atoms with Crippen molar-refractivity contribution in [3.63, 3.8) is 0 Å². The summed E-state index contributed by atoms with van der Waals surface area (Å²) in [7, 11) is 4.92. The predicted molar refractivity (Wildman–Crippen MR) is 91.6 cm³/mol. The zero-order valence-corrected chi connectivity index (χ0v) is 14.8. The molecular weight excluding hydrogens is 322 g/mol. The Labute approximate surface area is 146 Å². The minimum absolute atomic E-state index is 0.180. The molecule has 0 saturated carbocycles. The van der Waals surface area contributed by atoms with Crippen LogP contribution in [0.4, 0.5) is 4.79 Å². The van der Waals surface area contributed by atoms with Crippen LogP contribution in [-0.4, -0.2) is 47.0 Å². The largest absolute Gasteiger partial charge is 0.493 e. The molecule has 1 aromatic heterocycles. The highest BCUT2D eigenvalue weighted by atomic mass is 16.5. The van der Waals surface area contributed by atoms with Gasteiger partial charge < -0.3 is 24.3 Å². The van der Waals surface area contributed by atoms with Gasteiger partial charge in [-0.1, -0.05) is 12.1 Å². The number of urea groups is 1. The number of methoxy groups -OCH3 is 2. The molecule has 134 valence electrons. The minimum atomic E-state index is -0.180. The van der Waals surface area contributed by atoms with E-state index in [1.807, 2.05) is 18.2 Å². The molecule has 0 radical (unpaired) electrons. The van der Waals surface area contributed by atoms with Gasteiger partial charge in [0.25, 0.3) is 0 Å². The molecule has 2 amide bonds. The molecule has 0 atom stereocenters. The van der Waals surface area contributed by atoms with Crippen molar-refractivity contribution in [1.82, 2.24) is 25.0 Å². The monoisotopic (exact) mass is 345 g/mol. The zero-order valence-electron chi connectivity index (χ0n) is 14.8. The van der Waals surface area contributed by atoms with E-state index in [2.05, 4.69) is 20.1 Å². The molecule has 1 N–H and O–H groups in total. The Bertz CT molecular complexity index is 759. The number of para-hydroxylation sites is 1. The molecule has 0 bridgehead atoms. The van der Waals surface area contributed by atoms with Crippen LogP contribution in [0.1, 0.15) is 23.6 Å². The number of benzene rings is 1. The van der Waals surface area contributed by atoms with E-state index in [9.17, 15) is 4.79 Å². The Morgan fingerprint density at radius 1 is 1.32 bits per heavy atom. The fraction of sp³-hybridized carbons (Fsp3) is 0.471. The molecule has 0 saturated heterocycles. The molecule has 25 heavy (non-hydrogen) atoms. The number of aryl methyl sites for hydroxylation is 1. The highest BCUT2D eigenvalue weighted by Crippen LogP contribution is 2.31. The Morgan fingerprint density at radius 3 is 2.92 bits per heavy atom. The van der Waals surface area contributed by atoms with Gasteiger partial charge in [0, 0.05) is 25.6 Å². The number of fused-ring (bicyclic) bond motifs is 1. The molecule has 1 aliphatic rings. The van der Waals surface area contributed by atoms with Gasteiger partial charge in [-0.2, -0.15) is 0 Å². The SMILES string of the molecule is COc1cccc(CN(C)C(=O)NCc2nnc3n2CCC3)c1OC. The molecule has 3 rings (SSSR count). The molecule has 1 aromatic carbocycles. The number of rotatable bonds is 6. The smallest absolute Gasteiger partial charge is 0.317 e. The lowest BCUT2D eigenvalue weighted by molar-refractivity contribution is 0.205. The maximum atomic E-state index is 12.4. The number of ether oxygens (including phenoxy) is 2. The average Bonchev–Trinajstić information content (AvgIpc) is 3.23. The van der Waals surface area contributed by atoms with Gasteiger partial charge >= 0.3 is 6.03 Å². The predicted octanol–water partition coefficient (Wildman–Crippen LogP) is 1.58. The molecule has 1 aliphatic heterocycles. The van der Waals surface area contributed by atoms with Gasteiger partial charge in [0.15, 0.2) is 17.3 Å². The first kappa shape index (κ1) is 17.1. The Hall–Kier alpha value is -2.77.